The molecule has 3 aromatic rings. The normalized spacial score (nSPS) is 10.9. The zero-order valence-corrected chi connectivity index (χ0v) is 12.9. The lowest BCUT2D eigenvalue weighted by atomic mass is 10.1. The van der Waals surface area contributed by atoms with E-state index >= 15 is 0 Å². The Hall–Kier alpha value is -2.34. The molecule has 0 fully saturated rings. The van der Waals surface area contributed by atoms with Crippen LogP contribution < -0.4 is 0 Å². The van der Waals surface area contributed by atoms with Gasteiger partial charge in [0.15, 0.2) is 0 Å². The van der Waals surface area contributed by atoms with E-state index in [1.54, 1.807) is 18.2 Å². The maximum Gasteiger partial charge on any atom is 0.356 e. The number of carbonyl (C=O) groups excluding carboxylic acids is 1. The second-order valence-electron chi connectivity index (χ2n) is 4.83. The molecule has 1 aromatic carbocycles. The van der Waals surface area contributed by atoms with Crippen molar-refractivity contribution < 1.29 is 13.9 Å². The lowest BCUT2D eigenvalue weighted by Gasteiger charge is -2.05. The van der Waals surface area contributed by atoms with Gasteiger partial charge in [-0.05, 0) is 36.8 Å². The number of aromatic nitrogens is 2. The highest BCUT2D eigenvalue weighted by molar-refractivity contribution is 7.18. The van der Waals surface area contributed by atoms with Gasteiger partial charge in [0.25, 0.3) is 0 Å². The molecule has 2 heterocycles. The van der Waals surface area contributed by atoms with Gasteiger partial charge in [-0.25, -0.2) is 19.2 Å². The van der Waals surface area contributed by atoms with Crippen LogP contribution in [0.3, 0.4) is 0 Å². The Balaban J connectivity index is 2.01. The summed E-state index contributed by atoms with van der Waals surface area (Å²) in [6.45, 7) is 1.89. The Kier molecular flexibility index (Phi) is 3.85. The van der Waals surface area contributed by atoms with Crippen LogP contribution in [0.15, 0.2) is 30.3 Å². The molecular weight excluding hydrogens is 303 g/mol. The molecule has 0 aliphatic heterocycles. The molecule has 0 spiro atoms. The van der Waals surface area contributed by atoms with Crippen LogP contribution in [0, 0.1) is 12.7 Å². The molecule has 2 aromatic heterocycles. The molecule has 0 N–H and O–H groups in total. The first kappa shape index (κ1) is 14.6. The second-order valence-corrected chi connectivity index (χ2v) is 6.06. The summed E-state index contributed by atoms with van der Waals surface area (Å²) in [5, 5.41) is 0.887. The fourth-order valence-electron chi connectivity index (χ4n) is 2.30. The summed E-state index contributed by atoms with van der Waals surface area (Å²) in [7, 11) is 1.31. The number of hydrogen-bond acceptors (Lipinski definition) is 5. The number of nitrogens with zero attached hydrogens (tertiary/aromatic N) is 2. The number of fused-ring (bicyclic) bond motifs is 1. The molecule has 112 valence electrons. The second kappa shape index (κ2) is 5.81. The monoisotopic (exact) mass is 316 g/mol. The fourth-order valence-corrected chi connectivity index (χ4v) is 3.20. The van der Waals surface area contributed by atoms with Gasteiger partial charge in [-0.2, -0.15) is 0 Å². The van der Waals surface area contributed by atoms with Crippen LogP contribution in [0.1, 0.15) is 26.8 Å². The molecule has 0 unspecified atom stereocenters. The topological polar surface area (TPSA) is 52.1 Å². The first-order valence-corrected chi connectivity index (χ1v) is 7.48. The Labute approximate surface area is 130 Å². The maximum absolute atomic E-state index is 13.8. The lowest BCUT2D eigenvalue weighted by Crippen LogP contribution is -2.06. The number of methoxy groups -OCH3 is 1. The Morgan fingerprint density at radius 3 is 2.91 bits per heavy atom. The highest BCUT2D eigenvalue weighted by Crippen LogP contribution is 2.27. The molecule has 0 radical (unpaired) electrons. The Morgan fingerprint density at radius 1 is 1.32 bits per heavy atom. The van der Waals surface area contributed by atoms with Crippen molar-refractivity contribution in [1.82, 2.24) is 9.97 Å². The van der Waals surface area contributed by atoms with Gasteiger partial charge in [0.2, 0.25) is 0 Å². The quantitative estimate of drug-likeness (QED) is 0.694. The Bertz CT molecular complexity index is 860. The highest BCUT2D eigenvalue weighted by atomic mass is 32.1. The smallest absolute Gasteiger partial charge is 0.356 e. The number of rotatable bonds is 3. The SMILES string of the molecule is COC(=O)c1cccc(Cc2cc(F)cc3sc(C)nc23)n1. The average Bonchev–Trinajstić information content (AvgIpc) is 2.87. The number of halogens is 1. The van der Waals surface area contributed by atoms with Crippen molar-refractivity contribution in [1.29, 1.82) is 0 Å². The van der Waals surface area contributed by atoms with E-state index in [4.69, 9.17) is 0 Å². The van der Waals surface area contributed by atoms with Gasteiger partial charge in [-0.3, -0.25) is 0 Å². The molecule has 0 saturated carbocycles. The van der Waals surface area contributed by atoms with Crippen molar-refractivity contribution in [2.24, 2.45) is 0 Å². The number of esters is 1. The third-order valence-corrected chi connectivity index (χ3v) is 4.14. The van der Waals surface area contributed by atoms with Crippen LogP contribution in [0.4, 0.5) is 4.39 Å². The summed E-state index contributed by atoms with van der Waals surface area (Å²) in [6.07, 6.45) is 0.405. The molecule has 0 aliphatic carbocycles. The van der Waals surface area contributed by atoms with Crippen molar-refractivity contribution in [3.63, 3.8) is 0 Å². The highest BCUT2D eigenvalue weighted by Gasteiger charge is 2.12. The first-order valence-electron chi connectivity index (χ1n) is 6.66. The molecule has 0 atom stereocenters. The molecule has 22 heavy (non-hydrogen) atoms. The van der Waals surface area contributed by atoms with Gasteiger partial charge in [0.05, 0.1) is 22.3 Å². The van der Waals surface area contributed by atoms with Crippen molar-refractivity contribution in [2.75, 3.05) is 7.11 Å². The van der Waals surface area contributed by atoms with E-state index in [0.717, 1.165) is 20.8 Å². The number of aryl methyl sites for hydroxylation is 1. The van der Waals surface area contributed by atoms with Crippen LogP contribution in [-0.4, -0.2) is 23.0 Å². The number of benzene rings is 1. The minimum Gasteiger partial charge on any atom is -0.464 e. The molecule has 0 saturated heterocycles. The summed E-state index contributed by atoms with van der Waals surface area (Å²) in [4.78, 5) is 20.2. The average molecular weight is 316 g/mol. The molecular formula is C16H13FN2O2S. The number of pyridine rings is 1. The predicted octanol–water partition coefficient (Wildman–Crippen LogP) is 3.52. The molecule has 0 bridgehead atoms. The first-order chi connectivity index (χ1) is 10.6. The van der Waals surface area contributed by atoms with Crippen LogP contribution in [-0.2, 0) is 11.2 Å². The van der Waals surface area contributed by atoms with E-state index in [-0.39, 0.29) is 11.5 Å². The van der Waals surface area contributed by atoms with Gasteiger partial charge in [0.1, 0.15) is 11.5 Å². The van der Waals surface area contributed by atoms with E-state index in [0.29, 0.717) is 12.1 Å². The predicted molar refractivity (Wildman–Crippen MR) is 82.7 cm³/mol. The van der Waals surface area contributed by atoms with Crippen LogP contribution in [0.2, 0.25) is 0 Å². The number of ether oxygens (including phenoxy) is 1. The fraction of sp³-hybridized carbons (Fsp3) is 0.188. The maximum atomic E-state index is 13.8. The van der Waals surface area contributed by atoms with E-state index in [1.807, 2.05) is 6.92 Å². The summed E-state index contributed by atoms with van der Waals surface area (Å²) in [6, 6.07) is 8.07. The van der Waals surface area contributed by atoms with Gasteiger partial charge in [-0.1, -0.05) is 6.07 Å². The molecule has 4 nitrogen and oxygen atoms in total. The van der Waals surface area contributed by atoms with Crippen molar-refractivity contribution in [2.45, 2.75) is 13.3 Å². The van der Waals surface area contributed by atoms with Gasteiger partial charge in [-0.15, -0.1) is 11.3 Å². The van der Waals surface area contributed by atoms with E-state index < -0.39 is 5.97 Å². The van der Waals surface area contributed by atoms with Gasteiger partial charge < -0.3 is 4.74 Å². The van der Waals surface area contributed by atoms with Gasteiger partial charge >= 0.3 is 5.97 Å². The summed E-state index contributed by atoms with van der Waals surface area (Å²) < 4.78 is 19.2. The summed E-state index contributed by atoms with van der Waals surface area (Å²) in [5.41, 5.74) is 2.45. The van der Waals surface area contributed by atoms with Crippen molar-refractivity contribution in [3.05, 3.63) is 58.1 Å². The van der Waals surface area contributed by atoms with E-state index in [1.165, 1.54) is 30.6 Å². The largest absolute Gasteiger partial charge is 0.464 e. The summed E-state index contributed by atoms with van der Waals surface area (Å²) >= 11 is 1.46. The molecule has 3 rings (SSSR count). The third kappa shape index (κ3) is 2.82. The summed E-state index contributed by atoms with van der Waals surface area (Å²) in [5.74, 6) is -0.786. The van der Waals surface area contributed by atoms with Crippen LogP contribution in [0.5, 0.6) is 0 Å². The Morgan fingerprint density at radius 2 is 2.14 bits per heavy atom. The number of hydrogen-bond donors (Lipinski definition) is 0. The zero-order chi connectivity index (χ0) is 15.7. The standard InChI is InChI=1S/C16H13FN2O2S/c1-9-18-15-10(6-11(17)8-14(15)22-9)7-12-4-3-5-13(19-12)16(20)21-2/h3-6,8H,7H2,1-2H3. The third-order valence-electron chi connectivity index (χ3n) is 3.22. The minimum absolute atomic E-state index is 0.238. The van der Waals surface area contributed by atoms with Gasteiger partial charge in [0, 0.05) is 12.1 Å². The van der Waals surface area contributed by atoms with Crippen LogP contribution >= 0.6 is 11.3 Å². The van der Waals surface area contributed by atoms with E-state index in [2.05, 4.69) is 14.7 Å². The number of carbonyl (C=O) groups is 1. The van der Waals surface area contributed by atoms with Crippen LogP contribution in [0.25, 0.3) is 10.2 Å². The lowest BCUT2D eigenvalue weighted by molar-refractivity contribution is 0.0593. The minimum atomic E-state index is -0.490. The number of thiazole rings is 1. The molecule has 6 heteroatoms. The molecule has 0 amide bonds. The van der Waals surface area contributed by atoms with Crippen molar-refractivity contribution in [3.8, 4) is 0 Å². The van der Waals surface area contributed by atoms with E-state index in [9.17, 15) is 9.18 Å². The van der Waals surface area contributed by atoms with Crippen molar-refractivity contribution >= 4 is 27.5 Å². The molecule has 0 aliphatic rings. The zero-order valence-electron chi connectivity index (χ0n) is 12.1.